The first-order chi connectivity index (χ1) is 22.7. The summed E-state index contributed by atoms with van der Waals surface area (Å²) >= 11 is 3.58. The Kier molecular flexibility index (Phi) is 10.3. The summed E-state index contributed by atoms with van der Waals surface area (Å²) in [6.07, 6.45) is 7.96. The van der Waals surface area contributed by atoms with Gasteiger partial charge < -0.3 is 35.3 Å². The van der Waals surface area contributed by atoms with Crippen LogP contribution in [-0.4, -0.2) is 102 Å². The number of anilines is 5. The largest absolute Gasteiger partial charge is 0.494 e. The molecule has 0 amide bonds. The molecule has 4 heterocycles. The molecule has 0 aliphatic carbocycles. The van der Waals surface area contributed by atoms with Crippen molar-refractivity contribution in [3.8, 4) is 5.75 Å². The number of hydrogen-bond acceptors (Lipinski definition) is 12. The van der Waals surface area contributed by atoms with Crippen LogP contribution in [0.15, 0.2) is 47.3 Å². The van der Waals surface area contributed by atoms with Crippen LogP contribution < -0.4 is 30.9 Å². The first-order valence-corrected chi connectivity index (χ1v) is 19.5. The van der Waals surface area contributed by atoms with Crippen LogP contribution >= 0.6 is 23.1 Å². The molecule has 2 aliphatic rings. The van der Waals surface area contributed by atoms with Gasteiger partial charge in [-0.1, -0.05) is 6.92 Å². The summed E-state index contributed by atoms with van der Waals surface area (Å²) in [4.78, 5) is 23.2. The van der Waals surface area contributed by atoms with E-state index in [4.69, 9.17) is 9.72 Å². The Balaban J connectivity index is 1.22. The van der Waals surface area contributed by atoms with Gasteiger partial charge in [-0.2, -0.15) is 4.98 Å². The van der Waals surface area contributed by atoms with E-state index in [9.17, 15) is 9.67 Å². The Bertz CT molecular complexity index is 1780. The minimum atomic E-state index is -2.75. The van der Waals surface area contributed by atoms with Gasteiger partial charge in [0.25, 0.3) is 0 Å². The topological polar surface area (TPSA) is 141 Å². The van der Waals surface area contributed by atoms with E-state index < -0.39 is 7.14 Å². The molecule has 0 bridgehead atoms. The molecule has 2 aliphatic heterocycles. The number of aliphatic hydroxyl groups excluding tert-OH is 1. The lowest BCUT2D eigenvalue weighted by molar-refractivity contribution is 0.0997. The number of nitrogens with one attached hydrogen (secondary N) is 3. The van der Waals surface area contributed by atoms with Gasteiger partial charge in [0.1, 0.15) is 24.2 Å². The van der Waals surface area contributed by atoms with Gasteiger partial charge in [-0.3, -0.25) is 14.9 Å². The van der Waals surface area contributed by atoms with Crippen molar-refractivity contribution in [3.63, 3.8) is 0 Å². The van der Waals surface area contributed by atoms with Gasteiger partial charge in [0, 0.05) is 75.2 Å². The van der Waals surface area contributed by atoms with E-state index in [1.165, 1.54) is 11.3 Å². The Morgan fingerprint density at radius 3 is 2.60 bits per heavy atom. The maximum atomic E-state index is 13.4. The van der Waals surface area contributed by atoms with Crippen LogP contribution in [0.3, 0.4) is 0 Å². The molecule has 2 aromatic heterocycles. The van der Waals surface area contributed by atoms with Crippen molar-refractivity contribution in [3.05, 3.63) is 52.9 Å². The minimum absolute atomic E-state index is 0.164. The smallest absolute Gasteiger partial charge is 0.229 e. The van der Waals surface area contributed by atoms with Gasteiger partial charge in [0.15, 0.2) is 0 Å². The number of nitrogens with zero attached hydrogens (tertiary/aromatic N) is 6. The molecule has 0 unspecified atom stereocenters. The minimum Gasteiger partial charge on any atom is -0.494 e. The highest BCUT2D eigenvalue weighted by Gasteiger charge is 2.29. The second-order valence-corrected chi connectivity index (χ2v) is 16.5. The molecular weight excluding hydrogens is 681 g/mol. The highest BCUT2D eigenvalue weighted by atomic mass is 79.9. The molecule has 2 aromatic carbocycles. The summed E-state index contributed by atoms with van der Waals surface area (Å²) in [5.41, 5.74) is 5.13. The first kappa shape index (κ1) is 33.5. The second kappa shape index (κ2) is 14.4. The quantitative estimate of drug-likeness (QED) is 0.168. The van der Waals surface area contributed by atoms with Gasteiger partial charge in [-0.25, -0.2) is 4.98 Å². The number of fused-ring (bicyclic) bond motifs is 1. The van der Waals surface area contributed by atoms with E-state index in [0.29, 0.717) is 50.1 Å². The second-order valence-electron chi connectivity index (χ2n) is 12.5. The summed E-state index contributed by atoms with van der Waals surface area (Å²) < 4.78 is 20.0. The molecule has 2 saturated heterocycles. The Morgan fingerprint density at radius 1 is 1.09 bits per heavy atom. The molecule has 2 fully saturated rings. The van der Waals surface area contributed by atoms with Crippen molar-refractivity contribution in [2.75, 3.05) is 75.3 Å². The molecule has 12 nitrogen and oxygen atoms in total. The third kappa shape index (κ3) is 7.39. The third-order valence-electron chi connectivity index (χ3n) is 9.01. The van der Waals surface area contributed by atoms with Gasteiger partial charge in [0.2, 0.25) is 5.95 Å². The summed E-state index contributed by atoms with van der Waals surface area (Å²) in [6.45, 7) is 10.6. The predicted octanol–water partition coefficient (Wildman–Crippen LogP) is 4.72. The van der Waals surface area contributed by atoms with Crippen LogP contribution in [0.25, 0.3) is 11.0 Å². The molecular formula is C33H43BrN9O3P. The standard InChI is InChI=1S/C33H43BrN9O3P/c1-5-21-16-27(29(46-2)17-28(21)42-13-8-23(9-14-42)43-15-12-35-22(19-43)20-44)40-33-38-18-24(34)32(41-33)39-26-7-6-25-30(37-11-10-36-25)31(26)47(3,4)45/h6-7,10-11,16-18,22-23,35,44H,5,8-9,12-15,19-20H2,1-4H3,(H2,38,39,40,41)/t22-/m0/s1. The van der Waals surface area contributed by atoms with Gasteiger partial charge in [0.05, 0.1) is 40.4 Å². The molecule has 0 saturated carbocycles. The zero-order chi connectivity index (χ0) is 33.1. The molecule has 6 rings (SSSR count). The summed E-state index contributed by atoms with van der Waals surface area (Å²) in [6, 6.07) is 8.67. The molecule has 47 heavy (non-hydrogen) atoms. The number of benzene rings is 2. The number of hydrogen-bond donors (Lipinski definition) is 4. The van der Waals surface area contributed by atoms with Crippen molar-refractivity contribution in [1.29, 1.82) is 0 Å². The average Bonchev–Trinajstić information content (AvgIpc) is 3.09. The lowest BCUT2D eigenvalue weighted by atomic mass is 9.99. The first-order valence-electron chi connectivity index (χ1n) is 16.1. The number of aromatic nitrogens is 4. The molecule has 0 radical (unpaired) electrons. The van der Waals surface area contributed by atoms with Crippen LogP contribution in [0.4, 0.5) is 28.8 Å². The van der Waals surface area contributed by atoms with Crippen molar-refractivity contribution in [2.45, 2.75) is 38.3 Å². The summed E-state index contributed by atoms with van der Waals surface area (Å²) in [5, 5.41) is 20.4. The van der Waals surface area contributed by atoms with Crippen molar-refractivity contribution >= 4 is 68.2 Å². The lowest BCUT2D eigenvalue weighted by Gasteiger charge is -2.43. The highest BCUT2D eigenvalue weighted by molar-refractivity contribution is 9.10. The van der Waals surface area contributed by atoms with Crippen molar-refractivity contribution in [2.24, 2.45) is 0 Å². The zero-order valence-corrected chi connectivity index (χ0v) is 29.8. The van der Waals surface area contributed by atoms with Crippen molar-refractivity contribution < 1.29 is 14.4 Å². The average molecular weight is 725 g/mol. The van der Waals surface area contributed by atoms with Crippen molar-refractivity contribution in [1.82, 2.24) is 30.2 Å². The van der Waals surface area contributed by atoms with E-state index in [2.05, 4.69) is 75.7 Å². The van der Waals surface area contributed by atoms with E-state index in [1.54, 1.807) is 39.0 Å². The number of ether oxygens (including phenoxy) is 1. The van der Waals surface area contributed by atoms with E-state index >= 15 is 0 Å². The third-order valence-corrected chi connectivity index (χ3v) is 11.1. The maximum absolute atomic E-state index is 13.4. The predicted molar refractivity (Wildman–Crippen MR) is 193 cm³/mol. The van der Waals surface area contributed by atoms with Crippen LogP contribution in [0.2, 0.25) is 0 Å². The molecule has 1 atom stereocenters. The SMILES string of the molecule is CCc1cc(Nc2ncc(Br)c(Nc3ccc4nccnc4c3P(C)(C)=O)n2)c(OC)cc1N1CCC(N2CCN[C@H](CO)C2)CC1. The Morgan fingerprint density at radius 2 is 1.87 bits per heavy atom. The van der Waals surface area contributed by atoms with Gasteiger partial charge >= 0.3 is 0 Å². The van der Waals surface area contributed by atoms with Gasteiger partial charge in [-0.15, -0.1) is 0 Å². The fraction of sp³-hybridized carbons (Fsp3) is 0.455. The van der Waals surface area contributed by atoms with Crippen LogP contribution in [0, 0.1) is 0 Å². The Hall–Kier alpha value is -3.35. The summed E-state index contributed by atoms with van der Waals surface area (Å²) in [5.74, 6) is 1.62. The number of rotatable bonds is 10. The van der Waals surface area contributed by atoms with E-state index in [0.717, 1.165) is 57.7 Å². The van der Waals surface area contributed by atoms with Crippen LogP contribution in [0.5, 0.6) is 5.75 Å². The highest BCUT2D eigenvalue weighted by Crippen LogP contribution is 2.42. The molecule has 4 N–H and O–H groups in total. The Labute approximate surface area is 284 Å². The monoisotopic (exact) mass is 723 g/mol. The number of piperidine rings is 1. The normalized spacial score (nSPS) is 18.0. The molecule has 4 aromatic rings. The van der Waals surface area contributed by atoms with E-state index in [1.807, 2.05) is 12.1 Å². The van der Waals surface area contributed by atoms with Crippen LogP contribution in [-0.2, 0) is 11.0 Å². The number of aliphatic hydroxyl groups is 1. The van der Waals surface area contributed by atoms with E-state index in [-0.39, 0.29) is 12.6 Å². The molecule has 250 valence electrons. The number of piperazine rings is 1. The maximum Gasteiger partial charge on any atom is 0.229 e. The number of halogens is 1. The molecule has 0 spiro atoms. The summed E-state index contributed by atoms with van der Waals surface area (Å²) in [7, 11) is -1.07. The number of methoxy groups -OCH3 is 1. The molecule has 14 heteroatoms. The fourth-order valence-corrected chi connectivity index (χ4v) is 8.35. The lowest BCUT2D eigenvalue weighted by Crippen LogP contribution is -2.57. The van der Waals surface area contributed by atoms with Crippen LogP contribution in [0.1, 0.15) is 25.3 Å². The fourth-order valence-electron chi connectivity index (χ4n) is 6.67. The zero-order valence-electron chi connectivity index (χ0n) is 27.3. The number of aryl methyl sites for hydroxylation is 1. The van der Waals surface area contributed by atoms with Gasteiger partial charge in [-0.05, 0) is 72.3 Å².